The highest BCUT2D eigenvalue weighted by Crippen LogP contribution is 2.47. The molecule has 7 rings (SSSR count). The van der Waals surface area contributed by atoms with Crippen molar-refractivity contribution < 1.29 is 22.9 Å². The van der Waals surface area contributed by atoms with Gasteiger partial charge in [0, 0.05) is 22.9 Å². The van der Waals surface area contributed by atoms with E-state index in [0.29, 0.717) is 41.1 Å². The van der Waals surface area contributed by atoms with E-state index in [1.54, 1.807) is 16.8 Å². The van der Waals surface area contributed by atoms with Crippen LogP contribution in [-0.4, -0.2) is 30.0 Å². The van der Waals surface area contributed by atoms with Crippen molar-refractivity contribution in [1.82, 2.24) is 14.8 Å². The van der Waals surface area contributed by atoms with Gasteiger partial charge in [-0.1, -0.05) is 31.2 Å². The molecule has 0 bridgehead atoms. The van der Waals surface area contributed by atoms with E-state index in [4.69, 9.17) is 10.2 Å². The van der Waals surface area contributed by atoms with Crippen LogP contribution in [0.5, 0.6) is 0 Å². The molecule has 2 aromatic carbocycles. The quantitative estimate of drug-likeness (QED) is 0.186. The fraction of sp³-hybridized carbons (Fsp3) is 0.324. The molecule has 2 atom stereocenters. The lowest BCUT2D eigenvalue weighted by Gasteiger charge is -2.23. The molecular weight excluding hydrogens is 615 g/mol. The number of benzene rings is 2. The SMILES string of the molecule is CC1CC(c2cccc(-c3nn(-c4nc(C(=O)O)cs4)c(CC4CC4)c3Cc3ccc(S(N)=O)c(F)c3)c2)=CC(F)=C1C1CC1. The molecule has 11 heteroatoms. The number of hydrogen-bond donors (Lipinski definition) is 2. The molecule has 0 aliphatic heterocycles. The second-order valence-corrected chi connectivity index (χ2v) is 14.2. The molecule has 232 valence electrons. The van der Waals surface area contributed by atoms with Crippen LogP contribution >= 0.6 is 11.3 Å². The average Bonchev–Trinajstić information content (AvgIpc) is 3.92. The van der Waals surface area contributed by atoms with Gasteiger partial charge in [0.25, 0.3) is 0 Å². The Balaban J connectivity index is 1.36. The van der Waals surface area contributed by atoms with Gasteiger partial charge in [-0.3, -0.25) is 0 Å². The monoisotopic (exact) mass is 646 g/mol. The molecule has 3 N–H and O–H groups in total. The first-order valence-corrected chi connectivity index (χ1v) is 17.2. The zero-order valence-corrected chi connectivity index (χ0v) is 26.3. The summed E-state index contributed by atoms with van der Waals surface area (Å²) in [7, 11) is -1.95. The third kappa shape index (κ3) is 6.08. The lowest BCUT2D eigenvalue weighted by molar-refractivity contribution is 0.0691. The molecule has 3 aliphatic carbocycles. The van der Waals surface area contributed by atoms with Crippen LogP contribution in [0.3, 0.4) is 0 Å². The van der Waals surface area contributed by atoms with Crippen LogP contribution in [0.15, 0.2) is 70.2 Å². The van der Waals surface area contributed by atoms with E-state index in [9.17, 15) is 18.5 Å². The lowest BCUT2D eigenvalue weighted by Crippen LogP contribution is -2.09. The van der Waals surface area contributed by atoms with Gasteiger partial charge in [-0.05, 0) is 103 Å². The van der Waals surface area contributed by atoms with Gasteiger partial charge in [-0.15, -0.1) is 11.3 Å². The molecule has 2 saturated carbocycles. The van der Waals surface area contributed by atoms with Crippen molar-refractivity contribution in [3.63, 3.8) is 0 Å². The predicted octanol–water partition coefficient (Wildman–Crippen LogP) is 7.41. The fourth-order valence-electron chi connectivity index (χ4n) is 6.38. The largest absolute Gasteiger partial charge is 0.476 e. The Morgan fingerprint density at radius 3 is 2.56 bits per heavy atom. The molecule has 0 spiro atoms. The Labute approximate surface area is 266 Å². The minimum absolute atomic E-state index is 0.0561. The standard InChI is InChI=1S/C34H32F2N4O3S2/c1-18-11-24(16-27(36)31(18)21-8-9-21)22-3-2-4-23(15-22)32-25(12-20-7-10-30(45(37)43)26(35)13-20)29(14-19-5-6-19)40(39-32)34-38-28(17-44-34)33(41)42/h2-4,7,10,13,15-19,21H,5-6,8-9,11-12,14,37H2,1H3,(H,41,42). The first kappa shape index (κ1) is 29.9. The van der Waals surface area contributed by atoms with Crippen LogP contribution < -0.4 is 5.14 Å². The maximum Gasteiger partial charge on any atom is 0.355 e. The summed E-state index contributed by atoms with van der Waals surface area (Å²) in [4.78, 5) is 16.0. The summed E-state index contributed by atoms with van der Waals surface area (Å²) < 4.78 is 43.7. The third-order valence-electron chi connectivity index (χ3n) is 8.91. The van der Waals surface area contributed by atoms with Crippen molar-refractivity contribution in [3.05, 3.63) is 99.2 Å². The van der Waals surface area contributed by atoms with E-state index in [-0.39, 0.29) is 22.3 Å². The molecule has 2 aromatic heterocycles. The second-order valence-electron chi connectivity index (χ2n) is 12.3. The summed E-state index contributed by atoms with van der Waals surface area (Å²) in [5.74, 6) is -0.906. The van der Waals surface area contributed by atoms with Gasteiger partial charge in [0.15, 0.2) is 5.69 Å². The summed E-state index contributed by atoms with van der Waals surface area (Å²) in [5, 5.41) is 22.0. The van der Waals surface area contributed by atoms with E-state index in [0.717, 1.165) is 65.6 Å². The average molecular weight is 647 g/mol. The van der Waals surface area contributed by atoms with E-state index >= 15 is 4.39 Å². The zero-order chi connectivity index (χ0) is 31.4. The number of carboxylic acids is 1. The van der Waals surface area contributed by atoms with Gasteiger partial charge in [-0.25, -0.2) is 32.6 Å². The van der Waals surface area contributed by atoms with E-state index in [1.807, 2.05) is 24.3 Å². The highest BCUT2D eigenvalue weighted by atomic mass is 32.2. The Kier molecular flexibility index (Phi) is 7.87. The van der Waals surface area contributed by atoms with Gasteiger partial charge >= 0.3 is 5.97 Å². The molecule has 7 nitrogen and oxygen atoms in total. The molecule has 3 aliphatic rings. The predicted molar refractivity (Wildman–Crippen MR) is 170 cm³/mol. The van der Waals surface area contributed by atoms with Crippen molar-refractivity contribution in [1.29, 1.82) is 0 Å². The maximum absolute atomic E-state index is 15.3. The Morgan fingerprint density at radius 2 is 1.91 bits per heavy atom. The van der Waals surface area contributed by atoms with Crippen LogP contribution in [0.2, 0.25) is 0 Å². The second kappa shape index (κ2) is 11.9. The van der Waals surface area contributed by atoms with Gasteiger partial charge < -0.3 is 5.11 Å². The van der Waals surface area contributed by atoms with Gasteiger partial charge in [0.05, 0.1) is 16.3 Å². The number of carbonyl (C=O) groups is 1. The van der Waals surface area contributed by atoms with Crippen molar-refractivity contribution in [2.75, 3.05) is 0 Å². The number of hydrogen-bond acceptors (Lipinski definition) is 5. The lowest BCUT2D eigenvalue weighted by atomic mass is 9.82. The number of rotatable bonds is 10. The summed E-state index contributed by atoms with van der Waals surface area (Å²) in [6, 6.07) is 12.4. The number of carboxylic acid groups (broad SMARTS) is 1. The Hall–Kier alpha value is -3.80. The number of aromatic carboxylic acids is 1. The van der Waals surface area contributed by atoms with Crippen LogP contribution in [0.4, 0.5) is 8.78 Å². The van der Waals surface area contributed by atoms with Gasteiger partial charge in [0.2, 0.25) is 5.13 Å². The Bertz CT molecular complexity index is 1920. The number of halogens is 2. The normalized spacial score (nSPS) is 19.1. The number of nitrogens with two attached hydrogens (primary N) is 1. The smallest absolute Gasteiger partial charge is 0.355 e. The first-order valence-electron chi connectivity index (χ1n) is 15.1. The van der Waals surface area contributed by atoms with Crippen LogP contribution in [-0.2, 0) is 23.8 Å². The molecule has 45 heavy (non-hydrogen) atoms. The van der Waals surface area contributed by atoms with Crippen molar-refractivity contribution in [2.24, 2.45) is 22.9 Å². The van der Waals surface area contributed by atoms with E-state index in [1.165, 1.54) is 28.8 Å². The summed E-state index contributed by atoms with van der Waals surface area (Å²) in [6.07, 6.45) is 7.74. The molecule has 4 aromatic rings. The van der Waals surface area contributed by atoms with Gasteiger partial charge in [-0.2, -0.15) is 5.10 Å². The zero-order valence-electron chi connectivity index (χ0n) is 24.6. The van der Waals surface area contributed by atoms with Crippen molar-refractivity contribution >= 4 is 33.9 Å². The van der Waals surface area contributed by atoms with Crippen LogP contribution in [0, 0.1) is 23.6 Å². The number of nitrogens with zero attached hydrogens (tertiary/aromatic N) is 3. The van der Waals surface area contributed by atoms with Gasteiger partial charge in [0.1, 0.15) is 22.6 Å². The number of allylic oxidation sites excluding steroid dienone is 4. The van der Waals surface area contributed by atoms with Crippen molar-refractivity contribution in [2.45, 2.75) is 56.8 Å². The highest BCUT2D eigenvalue weighted by molar-refractivity contribution is 7.82. The summed E-state index contributed by atoms with van der Waals surface area (Å²) in [6.45, 7) is 2.10. The first-order chi connectivity index (χ1) is 21.7. The third-order valence-corrected chi connectivity index (χ3v) is 10.5. The molecule has 2 unspecified atom stereocenters. The maximum atomic E-state index is 15.3. The van der Waals surface area contributed by atoms with Crippen molar-refractivity contribution in [3.8, 4) is 16.4 Å². The molecule has 0 amide bonds. The molecular formula is C34H32F2N4O3S2. The molecule has 2 fully saturated rings. The molecule has 0 saturated heterocycles. The van der Waals surface area contributed by atoms with Crippen LogP contribution in [0.25, 0.3) is 22.0 Å². The molecule has 0 radical (unpaired) electrons. The minimum Gasteiger partial charge on any atom is -0.476 e. The van der Waals surface area contributed by atoms with E-state index in [2.05, 4.69) is 11.9 Å². The highest BCUT2D eigenvalue weighted by Gasteiger charge is 2.34. The topological polar surface area (TPSA) is 111 Å². The van der Waals surface area contributed by atoms with E-state index < -0.39 is 22.8 Å². The summed E-state index contributed by atoms with van der Waals surface area (Å²) >= 11 is 1.20. The number of aromatic nitrogens is 3. The summed E-state index contributed by atoms with van der Waals surface area (Å²) in [5.41, 5.74) is 6.65. The van der Waals surface area contributed by atoms with Crippen LogP contribution in [0.1, 0.15) is 71.9 Å². The molecule has 2 heterocycles. The minimum atomic E-state index is -1.95. The fourth-order valence-corrected chi connectivity index (χ4v) is 7.60. The number of thiazole rings is 1. The Morgan fingerprint density at radius 1 is 1.13 bits per heavy atom.